The smallest absolute Gasteiger partial charge is 0.303 e. The normalized spacial score (nSPS) is 18.7. The van der Waals surface area contributed by atoms with Crippen molar-refractivity contribution in [2.45, 2.75) is 49.2 Å². The SMILES string of the molecule is O=S(=O)(c1ccc(C(F)(F)F)cc1)N(CC1CC1)C1CCN(CCc2ccc(Cl)cc2)CC1. The standard InChI is InChI=1S/C24H28ClF3N2O2S/c25-21-7-3-18(4-8-21)11-14-29-15-12-22(13-16-29)30(17-19-1-2-19)33(31,32)23-9-5-20(6-10-23)24(26,27)28/h3-10,19,22H,1-2,11-17H2. The van der Waals surface area contributed by atoms with E-state index in [0.29, 0.717) is 30.3 Å². The monoisotopic (exact) mass is 500 g/mol. The van der Waals surface area contributed by atoms with Crippen molar-refractivity contribution in [3.63, 3.8) is 0 Å². The highest BCUT2D eigenvalue weighted by Gasteiger charge is 2.38. The zero-order valence-corrected chi connectivity index (χ0v) is 19.8. The van der Waals surface area contributed by atoms with Crippen molar-refractivity contribution >= 4 is 21.6 Å². The first kappa shape index (κ1) is 24.5. The van der Waals surface area contributed by atoms with Crippen LogP contribution in [-0.4, -0.2) is 49.8 Å². The number of benzene rings is 2. The van der Waals surface area contributed by atoms with Crippen LogP contribution in [0.25, 0.3) is 0 Å². The van der Waals surface area contributed by atoms with Gasteiger partial charge in [0.1, 0.15) is 0 Å². The zero-order chi connectivity index (χ0) is 23.6. The number of rotatable bonds is 8. The lowest BCUT2D eigenvalue weighted by Gasteiger charge is -2.38. The Hall–Kier alpha value is -1.61. The van der Waals surface area contributed by atoms with Crippen LogP contribution in [0.5, 0.6) is 0 Å². The van der Waals surface area contributed by atoms with Gasteiger partial charge < -0.3 is 4.90 Å². The first-order chi connectivity index (χ1) is 15.6. The fourth-order valence-electron chi connectivity index (χ4n) is 4.32. The molecular weight excluding hydrogens is 473 g/mol. The molecule has 0 bridgehead atoms. The maximum Gasteiger partial charge on any atom is 0.416 e. The molecule has 0 aromatic heterocycles. The molecule has 0 N–H and O–H groups in total. The average Bonchev–Trinajstić information content (AvgIpc) is 3.61. The number of hydrogen-bond donors (Lipinski definition) is 0. The summed E-state index contributed by atoms with van der Waals surface area (Å²) < 4.78 is 67.1. The molecule has 0 atom stereocenters. The van der Waals surface area contributed by atoms with Crippen molar-refractivity contribution in [2.75, 3.05) is 26.2 Å². The summed E-state index contributed by atoms with van der Waals surface area (Å²) in [6.07, 6.45) is -0.162. The van der Waals surface area contributed by atoms with Gasteiger partial charge in [0, 0.05) is 24.2 Å². The van der Waals surface area contributed by atoms with Gasteiger partial charge in [-0.25, -0.2) is 8.42 Å². The quantitative estimate of drug-likeness (QED) is 0.483. The molecule has 0 amide bonds. The predicted molar refractivity (Wildman–Crippen MR) is 123 cm³/mol. The summed E-state index contributed by atoms with van der Waals surface area (Å²) in [6, 6.07) is 11.5. The van der Waals surface area contributed by atoms with E-state index in [-0.39, 0.29) is 10.9 Å². The molecule has 33 heavy (non-hydrogen) atoms. The lowest BCUT2D eigenvalue weighted by atomic mass is 10.0. The number of piperidine rings is 1. The molecule has 1 saturated carbocycles. The van der Waals surface area contributed by atoms with E-state index < -0.39 is 21.8 Å². The Labute approximate surface area is 198 Å². The Balaban J connectivity index is 1.40. The Bertz CT molecular complexity index is 1030. The van der Waals surface area contributed by atoms with Crippen molar-refractivity contribution < 1.29 is 21.6 Å². The molecule has 0 unspecified atom stereocenters. The Morgan fingerprint density at radius 3 is 2.09 bits per heavy atom. The topological polar surface area (TPSA) is 40.6 Å². The van der Waals surface area contributed by atoms with Gasteiger partial charge in [-0.3, -0.25) is 0 Å². The van der Waals surface area contributed by atoms with E-state index in [9.17, 15) is 21.6 Å². The highest BCUT2D eigenvalue weighted by Crippen LogP contribution is 2.35. The lowest BCUT2D eigenvalue weighted by Crippen LogP contribution is -2.48. The van der Waals surface area contributed by atoms with Crippen LogP contribution < -0.4 is 0 Å². The van der Waals surface area contributed by atoms with Gasteiger partial charge in [0.05, 0.1) is 10.5 Å². The molecule has 1 saturated heterocycles. The first-order valence-electron chi connectivity index (χ1n) is 11.3. The number of alkyl halides is 3. The fraction of sp³-hybridized carbons (Fsp3) is 0.500. The van der Waals surface area contributed by atoms with Gasteiger partial charge in [0.2, 0.25) is 10.0 Å². The van der Waals surface area contributed by atoms with Crippen molar-refractivity contribution in [2.24, 2.45) is 5.92 Å². The summed E-state index contributed by atoms with van der Waals surface area (Å²) >= 11 is 5.94. The molecule has 2 aromatic carbocycles. The van der Waals surface area contributed by atoms with Crippen LogP contribution in [0.4, 0.5) is 13.2 Å². The molecule has 1 aliphatic heterocycles. The molecule has 2 aromatic rings. The van der Waals surface area contributed by atoms with Crippen LogP contribution >= 0.6 is 11.6 Å². The van der Waals surface area contributed by atoms with Gasteiger partial charge in [-0.15, -0.1) is 0 Å². The Morgan fingerprint density at radius 2 is 1.55 bits per heavy atom. The van der Waals surface area contributed by atoms with Crippen molar-refractivity contribution in [1.82, 2.24) is 9.21 Å². The van der Waals surface area contributed by atoms with E-state index in [1.807, 2.05) is 24.3 Å². The number of likely N-dealkylation sites (tertiary alicyclic amines) is 1. The van der Waals surface area contributed by atoms with E-state index in [1.165, 1.54) is 5.56 Å². The van der Waals surface area contributed by atoms with Gasteiger partial charge in [-0.1, -0.05) is 23.7 Å². The first-order valence-corrected chi connectivity index (χ1v) is 13.1. The number of hydrogen-bond acceptors (Lipinski definition) is 3. The highest BCUT2D eigenvalue weighted by molar-refractivity contribution is 7.89. The Morgan fingerprint density at radius 1 is 0.939 bits per heavy atom. The third-order valence-electron chi connectivity index (χ3n) is 6.52. The van der Waals surface area contributed by atoms with E-state index in [0.717, 1.165) is 63.2 Å². The molecule has 2 aliphatic rings. The van der Waals surface area contributed by atoms with Gasteiger partial charge in [-0.2, -0.15) is 17.5 Å². The lowest BCUT2D eigenvalue weighted by molar-refractivity contribution is -0.137. The number of halogens is 4. The molecular formula is C24H28ClF3N2O2S. The van der Waals surface area contributed by atoms with E-state index >= 15 is 0 Å². The van der Waals surface area contributed by atoms with Crippen molar-refractivity contribution in [3.8, 4) is 0 Å². The molecule has 4 rings (SSSR count). The highest BCUT2D eigenvalue weighted by atomic mass is 35.5. The minimum absolute atomic E-state index is 0.0682. The largest absolute Gasteiger partial charge is 0.416 e. The molecule has 9 heteroatoms. The number of nitrogens with zero attached hydrogens (tertiary/aromatic N) is 2. The van der Waals surface area contributed by atoms with Gasteiger partial charge in [0.15, 0.2) is 0 Å². The van der Waals surface area contributed by atoms with Gasteiger partial charge in [0.25, 0.3) is 0 Å². The summed E-state index contributed by atoms with van der Waals surface area (Å²) in [4.78, 5) is 2.27. The molecule has 180 valence electrons. The van der Waals surface area contributed by atoms with Crippen molar-refractivity contribution in [3.05, 3.63) is 64.7 Å². The van der Waals surface area contributed by atoms with Crippen LogP contribution in [0, 0.1) is 5.92 Å². The molecule has 2 fully saturated rings. The fourth-order valence-corrected chi connectivity index (χ4v) is 6.21. The maximum atomic E-state index is 13.4. The number of sulfonamides is 1. The maximum absolute atomic E-state index is 13.4. The van der Waals surface area contributed by atoms with Crippen LogP contribution in [-0.2, 0) is 22.6 Å². The van der Waals surface area contributed by atoms with E-state index in [2.05, 4.69) is 4.90 Å². The molecule has 1 aliphatic carbocycles. The van der Waals surface area contributed by atoms with Gasteiger partial charge >= 0.3 is 6.18 Å². The Kier molecular flexibility index (Phi) is 7.38. The summed E-state index contributed by atoms with van der Waals surface area (Å²) in [6.45, 7) is 2.92. The third-order valence-corrected chi connectivity index (χ3v) is 8.70. The second kappa shape index (κ2) is 9.94. The molecule has 0 spiro atoms. The molecule has 1 heterocycles. The minimum atomic E-state index is -4.49. The van der Waals surface area contributed by atoms with Crippen molar-refractivity contribution in [1.29, 1.82) is 0 Å². The zero-order valence-electron chi connectivity index (χ0n) is 18.3. The van der Waals surface area contributed by atoms with Crippen LogP contribution in [0.2, 0.25) is 5.02 Å². The predicted octanol–water partition coefficient (Wildman–Crippen LogP) is 5.47. The second-order valence-corrected chi connectivity index (χ2v) is 11.3. The van der Waals surface area contributed by atoms with Crippen LogP contribution in [0.1, 0.15) is 36.8 Å². The van der Waals surface area contributed by atoms with E-state index in [1.54, 1.807) is 4.31 Å². The van der Waals surface area contributed by atoms with Gasteiger partial charge in [-0.05, 0) is 93.1 Å². The van der Waals surface area contributed by atoms with E-state index in [4.69, 9.17) is 11.6 Å². The second-order valence-electron chi connectivity index (χ2n) is 8.99. The summed E-state index contributed by atoms with van der Waals surface area (Å²) in [5.74, 6) is 0.345. The van der Waals surface area contributed by atoms with Crippen LogP contribution in [0.3, 0.4) is 0 Å². The molecule has 0 radical (unpaired) electrons. The minimum Gasteiger partial charge on any atom is -0.303 e. The third kappa shape index (κ3) is 6.29. The molecule has 4 nitrogen and oxygen atoms in total. The summed E-state index contributed by atoms with van der Waals surface area (Å²) in [7, 11) is -3.86. The van der Waals surface area contributed by atoms with Crippen LogP contribution in [0.15, 0.2) is 53.4 Å². The average molecular weight is 501 g/mol. The summed E-state index contributed by atoms with van der Waals surface area (Å²) in [5, 5.41) is 0.713. The summed E-state index contributed by atoms with van der Waals surface area (Å²) in [5.41, 5.74) is 0.367.